The van der Waals surface area contributed by atoms with E-state index < -0.39 is 5.97 Å². The second-order valence-electron chi connectivity index (χ2n) is 10.5. The first-order valence-corrected chi connectivity index (χ1v) is 22.6. The van der Waals surface area contributed by atoms with Crippen LogP contribution in [0.2, 0.25) is 0 Å². The van der Waals surface area contributed by atoms with Crippen molar-refractivity contribution in [1.82, 2.24) is 20.4 Å². The van der Waals surface area contributed by atoms with E-state index in [2.05, 4.69) is 107 Å². The number of hydrazone groups is 1. The third-order valence-electron chi connectivity index (χ3n) is 6.55. The van der Waals surface area contributed by atoms with Gasteiger partial charge in [-0.05, 0) is 0 Å². The molecule has 0 aliphatic rings. The average molecular weight is 923 g/mol. The molecule has 0 unspecified atom stereocenters. The number of aliphatic carboxylic acids is 1. The molecule has 0 fully saturated rings. The number of nitrogens with zero attached hydrogens (tertiary/aromatic N) is 5. The molecule has 1 radical (unpaired) electrons. The van der Waals surface area contributed by atoms with Crippen LogP contribution in [-0.4, -0.2) is 117 Å². The van der Waals surface area contributed by atoms with Crippen LogP contribution in [0.1, 0.15) is 41.4 Å². The molecule has 0 bridgehead atoms. The van der Waals surface area contributed by atoms with E-state index in [1.165, 1.54) is 46.7 Å². The van der Waals surface area contributed by atoms with E-state index in [-0.39, 0.29) is 6.42 Å². The fourth-order valence-corrected chi connectivity index (χ4v) is 10.4. The average Bonchev–Trinajstić information content (AvgIpc) is 3.80. The maximum atomic E-state index is 9.99. The molecule has 2 heterocycles. The zero-order chi connectivity index (χ0) is 36.4. The molecule has 0 aliphatic heterocycles. The summed E-state index contributed by atoms with van der Waals surface area (Å²) in [5.74, 6) is 7.74. The van der Waals surface area contributed by atoms with Gasteiger partial charge in [-0.15, -0.1) is 0 Å². The fraction of sp³-hybridized carbons (Fsp3) is 0.306. The molecule has 0 saturated carbocycles. The van der Waals surface area contributed by atoms with E-state index in [1.54, 1.807) is 0 Å². The van der Waals surface area contributed by atoms with Crippen LogP contribution in [0.3, 0.4) is 0 Å². The Balaban J connectivity index is 0.000000262. The van der Waals surface area contributed by atoms with Crippen molar-refractivity contribution in [2.24, 2.45) is 10.9 Å². The second kappa shape index (κ2) is 26.7. The van der Waals surface area contributed by atoms with Gasteiger partial charge in [-0.2, -0.15) is 11.8 Å². The topological polar surface area (TPSA) is 154 Å². The van der Waals surface area contributed by atoms with Gasteiger partial charge >= 0.3 is 268 Å². The van der Waals surface area contributed by atoms with Crippen LogP contribution in [0, 0.1) is 0 Å². The maximum absolute atomic E-state index is 9.99. The minimum absolute atomic E-state index is 0.158. The third-order valence-corrected chi connectivity index (χ3v) is 13.1. The summed E-state index contributed by atoms with van der Waals surface area (Å²) in [5.41, 5.74) is 3.87. The van der Waals surface area contributed by atoms with Crippen molar-refractivity contribution >= 4 is 85.6 Å². The van der Waals surface area contributed by atoms with Gasteiger partial charge in [-0.25, -0.2) is 0 Å². The molecular formula is C36H41N6O4S2Se3. The van der Waals surface area contributed by atoms with E-state index >= 15 is 0 Å². The molecule has 15 heteroatoms. The second-order valence-corrected chi connectivity index (χ2v) is 18.8. The first-order chi connectivity index (χ1) is 24.9. The van der Waals surface area contributed by atoms with Crippen molar-refractivity contribution in [3.05, 3.63) is 126 Å². The Morgan fingerprint density at radius 2 is 1.18 bits per heavy atom. The van der Waals surface area contributed by atoms with Crippen molar-refractivity contribution in [1.29, 1.82) is 0 Å². The molecule has 269 valence electrons. The monoisotopic (exact) mass is 925 g/mol. The summed E-state index contributed by atoms with van der Waals surface area (Å²) in [5, 5.41) is 29.4. The Hall–Kier alpha value is -2.99. The molecule has 0 saturated heterocycles. The molecule has 51 heavy (non-hydrogen) atoms. The SMILES string of the molecule is NN=C([Se])Cc1ccccc1.O=COCCSCCC(=O)O.c1ccc(Cc2nnc(CCSCCc3nnc(Cc4ccccc4)[se]3)[se]2)cc1. The summed E-state index contributed by atoms with van der Waals surface area (Å²) < 4.78 is 10.3. The normalized spacial score (nSPS) is 10.7. The van der Waals surface area contributed by atoms with Gasteiger partial charge in [0.1, 0.15) is 6.61 Å². The number of nitrogens with two attached hydrogens (primary N) is 1. The summed E-state index contributed by atoms with van der Waals surface area (Å²) in [6.07, 6.45) is 4.94. The molecule has 10 nitrogen and oxygen atoms in total. The van der Waals surface area contributed by atoms with Gasteiger partial charge in [0.25, 0.3) is 6.47 Å². The van der Waals surface area contributed by atoms with E-state index in [1.807, 2.05) is 42.1 Å². The number of carboxylic acid groups (broad SMARTS) is 1. The number of carbonyl (C=O) groups excluding carboxylic acids is 1. The van der Waals surface area contributed by atoms with Crippen LogP contribution in [0.5, 0.6) is 0 Å². The first-order valence-electron chi connectivity index (χ1n) is 16.1. The number of hydrogen-bond acceptors (Lipinski definition) is 11. The van der Waals surface area contributed by atoms with Gasteiger partial charge in [0.05, 0.1) is 6.42 Å². The number of benzene rings is 3. The molecule has 0 spiro atoms. The van der Waals surface area contributed by atoms with Crippen molar-refractivity contribution in [3.63, 3.8) is 0 Å². The zero-order valence-corrected chi connectivity index (χ0v) is 34.8. The Labute approximate surface area is 328 Å². The number of aromatic nitrogens is 4. The van der Waals surface area contributed by atoms with Gasteiger partial charge in [0.15, 0.2) is 0 Å². The Morgan fingerprint density at radius 3 is 1.63 bits per heavy atom. The van der Waals surface area contributed by atoms with Crippen molar-refractivity contribution in [3.8, 4) is 0 Å². The number of hydrogen-bond donors (Lipinski definition) is 2. The summed E-state index contributed by atoms with van der Waals surface area (Å²) >= 11 is 6.91. The van der Waals surface area contributed by atoms with Crippen LogP contribution < -0.4 is 5.84 Å². The Morgan fingerprint density at radius 1 is 0.725 bits per heavy atom. The minimum atomic E-state index is -0.797. The van der Waals surface area contributed by atoms with Gasteiger partial charge in [-0.1, -0.05) is 0 Å². The van der Waals surface area contributed by atoms with Crippen LogP contribution >= 0.6 is 23.5 Å². The number of carboxylic acids is 1. The van der Waals surface area contributed by atoms with Gasteiger partial charge in [-0.3, -0.25) is 9.59 Å². The van der Waals surface area contributed by atoms with Gasteiger partial charge < -0.3 is 9.84 Å². The van der Waals surface area contributed by atoms with Crippen LogP contribution in [0.25, 0.3) is 0 Å². The molecule has 5 rings (SSSR count). The number of aryl methyl sites for hydroxylation is 2. The van der Waals surface area contributed by atoms with Crippen molar-refractivity contribution in [2.75, 3.05) is 29.6 Å². The molecule has 5 aromatic rings. The van der Waals surface area contributed by atoms with Crippen LogP contribution in [-0.2, 0) is 46.4 Å². The van der Waals surface area contributed by atoms with E-state index in [4.69, 9.17) is 10.9 Å². The summed E-state index contributed by atoms with van der Waals surface area (Å²) in [7, 11) is 0. The first kappa shape index (κ1) is 42.4. The predicted octanol–water partition coefficient (Wildman–Crippen LogP) is 4.12. The van der Waals surface area contributed by atoms with Gasteiger partial charge in [0.2, 0.25) is 0 Å². The molecule has 3 aromatic carbocycles. The number of rotatable bonds is 19. The molecule has 0 aliphatic carbocycles. The number of ether oxygens (including phenoxy) is 1. The predicted molar refractivity (Wildman–Crippen MR) is 210 cm³/mol. The van der Waals surface area contributed by atoms with Crippen molar-refractivity contribution < 1.29 is 19.4 Å². The number of carbonyl (C=O) groups is 2. The van der Waals surface area contributed by atoms with E-state index in [9.17, 15) is 9.59 Å². The van der Waals surface area contributed by atoms with Crippen LogP contribution in [0.4, 0.5) is 0 Å². The summed E-state index contributed by atoms with van der Waals surface area (Å²) in [4.78, 5) is 19.6. The summed E-state index contributed by atoms with van der Waals surface area (Å²) in [6, 6.07) is 31.2. The van der Waals surface area contributed by atoms with E-state index in [0.29, 0.717) is 53.6 Å². The molecular weight excluding hydrogens is 881 g/mol. The van der Waals surface area contributed by atoms with Crippen LogP contribution in [0.15, 0.2) is 96.1 Å². The van der Waals surface area contributed by atoms with E-state index in [0.717, 1.165) is 48.2 Å². The third kappa shape index (κ3) is 20.0. The quantitative estimate of drug-likeness (QED) is 0.0308. The molecule has 3 N–H and O–H groups in total. The standard InChI is InChI=1S/C22H22N4SSe2.C8H9N2Se.C6H10O4S/c1-3-7-17(8-4-1)15-21-25-23-19(28-21)11-13-27-14-12-20-24-26-22(29-20)16-18-9-5-2-6-10-18;9-10-8(11)6-7-4-2-1-3-5-7;7-5-10-2-4-11-3-1-6(8)9/h1-10H,11-16H2;1-5H,6,9H2;5H,1-4H2,(H,8,9). The number of thioether (sulfide) groups is 2. The molecule has 2 aromatic heterocycles. The molecule has 0 atom stereocenters. The summed E-state index contributed by atoms with van der Waals surface area (Å²) in [6.45, 7) is 0.742. The molecule has 0 amide bonds. The Bertz CT molecular complexity index is 1620. The van der Waals surface area contributed by atoms with Crippen molar-refractivity contribution in [2.45, 2.75) is 38.5 Å². The van der Waals surface area contributed by atoms with Gasteiger partial charge in [0, 0.05) is 11.5 Å². The zero-order valence-electron chi connectivity index (χ0n) is 28.0. The fourth-order valence-electron chi connectivity index (χ4n) is 4.12. The Kier molecular flexibility index (Phi) is 22.2.